The van der Waals surface area contributed by atoms with Crippen LogP contribution in [0, 0.1) is 0 Å². The molecule has 0 atom stereocenters. The van der Waals surface area contributed by atoms with E-state index in [0.29, 0.717) is 12.2 Å². The number of hydrogen-bond donors (Lipinski definition) is 3. The van der Waals surface area contributed by atoms with E-state index >= 15 is 0 Å². The van der Waals surface area contributed by atoms with Crippen molar-refractivity contribution < 1.29 is 24.2 Å². The van der Waals surface area contributed by atoms with Crippen LogP contribution in [0.4, 0.5) is 10.5 Å². The van der Waals surface area contributed by atoms with Gasteiger partial charge in [-0.3, -0.25) is 14.5 Å². The molecular weight excluding hydrogens is 362 g/mol. The zero-order valence-corrected chi connectivity index (χ0v) is 16.8. The molecule has 8 nitrogen and oxygen atoms in total. The van der Waals surface area contributed by atoms with Gasteiger partial charge in [0.25, 0.3) is 0 Å². The van der Waals surface area contributed by atoms with Crippen molar-refractivity contribution in [3.05, 3.63) is 29.8 Å². The van der Waals surface area contributed by atoms with Crippen LogP contribution in [0.25, 0.3) is 0 Å². The maximum atomic E-state index is 12.2. The van der Waals surface area contributed by atoms with Crippen LogP contribution in [-0.4, -0.2) is 60.3 Å². The first kappa shape index (κ1) is 21.7. The van der Waals surface area contributed by atoms with Gasteiger partial charge in [0.05, 0.1) is 19.1 Å². The number of benzene rings is 1. The number of esters is 1. The Morgan fingerprint density at radius 3 is 2.32 bits per heavy atom. The molecule has 0 heterocycles. The number of carboxylic acids is 1. The van der Waals surface area contributed by atoms with Crippen LogP contribution in [-0.2, 0) is 19.7 Å². The molecular formula is C20H29N3O5. The van der Waals surface area contributed by atoms with Crippen molar-refractivity contribution in [3.63, 3.8) is 0 Å². The second-order valence-corrected chi connectivity index (χ2v) is 7.57. The van der Waals surface area contributed by atoms with E-state index in [1.807, 2.05) is 11.8 Å². The topological polar surface area (TPSA) is 108 Å². The Labute approximate surface area is 165 Å². The zero-order valence-electron chi connectivity index (χ0n) is 16.8. The van der Waals surface area contributed by atoms with E-state index in [0.717, 1.165) is 18.4 Å². The summed E-state index contributed by atoms with van der Waals surface area (Å²) in [6.45, 7) is 6.19. The molecule has 0 bridgehead atoms. The van der Waals surface area contributed by atoms with Crippen molar-refractivity contribution in [2.75, 3.05) is 25.5 Å². The third-order valence-electron chi connectivity index (χ3n) is 5.27. The second-order valence-electron chi connectivity index (χ2n) is 7.57. The number of methoxy groups -OCH3 is 1. The average molecular weight is 391 g/mol. The quantitative estimate of drug-likeness (QED) is 0.587. The number of anilines is 1. The molecule has 3 N–H and O–H groups in total. The van der Waals surface area contributed by atoms with Gasteiger partial charge < -0.3 is 20.5 Å². The first-order valence-corrected chi connectivity index (χ1v) is 9.39. The van der Waals surface area contributed by atoms with Crippen molar-refractivity contribution >= 4 is 23.7 Å². The first-order valence-electron chi connectivity index (χ1n) is 9.39. The number of carbonyl (C=O) groups excluding carboxylic acids is 2. The number of hydrogen-bond acceptors (Lipinski definition) is 5. The molecule has 1 aromatic rings. The van der Waals surface area contributed by atoms with Gasteiger partial charge in [-0.2, -0.15) is 0 Å². The van der Waals surface area contributed by atoms with Gasteiger partial charge in [-0.1, -0.05) is 19.1 Å². The van der Waals surface area contributed by atoms with Crippen LogP contribution in [0.5, 0.6) is 0 Å². The smallest absolute Gasteiger partial charge is 0.319 e. The lowest BCUT2D eigenvalue weighted by Crippen LogP contribution is -2.55. The van der Waals surface area contributed by atoms with E-state index in [-0.39, 0.29) is 30.6 Å². The van der Waals surface area contributed by atoms with Gasteiger partial charge in [-0.15, -0.1) is 0 Å². The number of carboxylic acid groups (broad SMARTS) is 1. The molecule has 0 radical (unpaired) electrons. The number of aliphatic carboxylic acids is 1. The minimum absolute atomic E-state index is 0.0222. The summed E-state index contributed by atoms with van der Waals surface area (Å²) in [4.78, 5) is 36.8. The van der Waals surface area contributed by atoms with E-state index in [4.69, 9.17) is 9.84 Å². The maximum Gasteiger partial charge on any atom is 0.319 e. The van der Waals surface area contributed by atoms with Crippen molar-refractivity contribution in [1.82, 2.24) is 10.2 Å². The molecule has 1 fully saturated rings. The van der Waals surface area contributed by atoms with Crippen LogP contribution in [0.15, 0.2) is 24.3 Å². The molecule has 0 spiro atoms. The molecule has 0 saturated heterocycles. The predicted molar refractivity (Wildman–Crippen MR) is 105 cm³/mol. The van der Waals surface area contributed by atoms with Crippen molar-refractivity contribution in [2.45, 2.75) is 51.1 Å². The van der Waals surface area contributed by atoms with Crippen LogP contribution < -0.4 is 10.6 Å². The molecule has 0 aliphatic heterocycles. The van der Waals surface area contributed by atoms with Crippen molar-refractivity contribution in [2.24, 2.45) is 0 Å². The fraction of sp³-hybridized carbons (Fsp3) is 0.550. The number of likely N-dealkylation sites (N-methyl/N-ethyl adjacent to an activating group) is 1. The van der Waals surface area contributed by atoms with Gasteiger partial charge >= 0.3 is 18.0 Å². The minimum Gasteiger partial charge on any atom is -0.480 e. The number of nitrogens with one attached hydrogen (secondary N) is 2. The lowest BCUT2D eigenvalue weighted by molar-refractivity contribution is -0.146. The molecule has 1 saturated carbocycles. The molecule has 1 aliphatic carbocycles. The van der Waals surface area contributed by atoms with Gasteiger partial charge in [0.15, 0.2) is 0 Å². The summed E-state index contributed by atoms with van der Waals surface area (Å²) < 4.78 is 4.83. The van der Waals surface area contributed by atoms with Gasteiger partial charge in [0.2, 0.25) is 0 Å². The molecule has 28 heavy (non-hydrogen) atoms. The Morgan fingerprint density at radius 1 is 1.21 bits per heavy atom. The van der Waals surface area contributed by atoms with Crippen molar-refractivity contribution in [3.8, 4) is 0 Å². The zero-order chi connectivity index (χ0) is 20.9. The van der Waals surface area contributed by atoms with Crippen LogP contribution >= 0.6 is 0 Å². The molecule has 2 rings (SSSR count). The van der Waals surface area contributed by atoms with Crippen LogP contribution in [0.3, 0.4) is 0 Å². The Hall–Kier alpha value is -2.61. The van der Waals surface area contributed by atoms with Gasteiger partial charge in [0.1, 0.15) is 0 Å². The Bertz CT molecular complexity index is 711. The maximum absolute atomic E-state index is 12.2. The lowest BCUT2D eigenvalue weighted by Gasteiger charge is -2.42. The van der Waals surface area contributed by atoms with E-state index in [2.05, 4.69) is 10.6 Å². The number of urea groups is 1. The summed E-state index contributed by atoms with van der Waals surface area (Å²) in [5, 5.41) is 14.6. The molecule has 8 heteroatoms. The third kappa shape index (κ3) is 5.22. The highest BCUT2D eigenvalue weighted by Crippen LogP contribution is 2.27. The number of ether oxygens (including phenoxy) is 1. The predicted octanol–water partition coefficient (Wildman–Crippen LogP) is 2.20. The van der Waals surface area contributed by atoms with Gasteiger partial charge in [-0.25, -0.2) is 4.79 Å². The fourth-order valence-corrected chi connectivity index (χ4v) is 3.37. The normalized spacial score (nSPS) is 18.9. The summed E-state index contributed by atoms with van der Waals surface area (Å²) in [6.07, 6.45) is 1.47. The Kier molecular flexibility index (Phi) is 7.01. The first-order chi connectivity index (χ1) is 13.2. The van der Waals surface area contributed by atoms with Crippen LogP contribution in [0.1, 0.15) is 39.2 Å². The highest BCUT2D eigenvalue weighted by atomic mass is 16.5. The summed E-state index contributed by atoms with van der Waals surface area (Å²) in [6, 6.07) is 6.98. The number of amides is 2. The molecule has 1 aromatic carbocycles. The lowest BCUT2D eigenvalue weighted by atomic mass is 9.84. The van der Waals surface area contributed by atoms with Crippen LogP contribution in [0.2, 0.25) is 0 Å². The monoisotopic (exact) mass is 391 g/mol. The van der Waals surface area contributed by atoms with Gasteiger partial charge in [-0.05, 0) is 50.9 Å². The minimum atomic E-state index is -0.838. The molecule has 0 aromatic heterocycles. The summed E-state index contributed by atoms with van der Waals surface area (Å²) >= 11 is 0. The van der Waals surface area contributed by atoms with Gasteiger partial charge in [0, 0.05) is 17.8 Å². The van der Waals surface area contributed by atoms with Crippen molar-refractivity contribution in [1.29, 1.82) is 0 Å². The standard InChI is InChI=1S/C20H29N3O5/c1-5-23(12-17(24)25)16-10-15(11-16)22-19(27)21-14-8-6-13(7-9-14)20(2,3)18(26)28-4/h6-9,15-16H,5,10-12H2,1-4H3,(H,24,25)(H2,21,22,27). The Morgan fingerprint density at radius 2 is 1.82 bits per heavy atom. The summed E-state index contributed by atoms with van der Waals surface area (Å²) in [5.74, 6) is -1.16. The van der Waals surface area contributed by atoms with E-state index in [9.17, 15) is 14.4 Å². The third-order valence-corrected chi connectivity index (χ3v) is 5.27. The van der Waals surface area contributed by atoms with E-state index < -0.39 is 11.4 Å². The number of nitrogens with zero attached hydrogens (tertiary/aromatic N) is 1. The second kappa shape index (κ2) is 9.05. The van der Waals surface area contributed by atoms with E-state index in [1.54, 1.807) is 38.1 Å². The fourth-order valence-electron chi connectivity index (χ4n) is 3.37. The Balaban J connectivity index is 1.83. The number of rotatable bonds is 8. The molecule has 2 amide bonds. The SMILES string of the molecule is CCN(CC(=O)O)C1CC(NC(=O)Nc2ccc(C(C)(C)C(=O)OC)cc2)C1. The van der Waals surface area contributed by atoms with E-state index in [1.165, 1.54) is 7.11 Å². The largest absolute Gasteiger partial charge is 0.480 e. The summed E-state index contributed by atoms with van der Waals surface area (Å²) in [5.41, 5.74) is 0.654. The summed E-state index contributed by atoms with van der Waals surface area (Å²) in [7, 11) is 1.36. The molecule has 154 valence electrons. The highest BCUT2D eigenvalue weighted by Gasteiger charge is 2.35. The highest BCUT2D eigenvalue weighted by molar-refractivity contribution is 5.89. The molecule has 1 aliphatic rings. The molecule has 0 unspecified atom stereocenters. The number of carbonyl (C=O) groups is 3. The average Bonchev–Trinajstić information content (AvgIpc) is 2.62.